The van der Waals surface area contributed by atoms with Crippen LogP contribution < -0.4 is 10.6 Å². The van der Waals surface area contributed by atoms with Crippen LogP contribution in [0.2, 0.25) is 0 Å². The average Bonchev–Trinajstić information content (AvgIpc) is 2.43. The summed E-state index contributed by atoms with van der Waals surface area (Å²) in [5, 5.41) is 5.78. The van der Waals surface area contributed by atoms with Gasteiger partial charge in [0.2, 0.25) is 11.8 Å². The smallest absolute Gasteiger partial charge is 0.238 e. The van der Waals surface area contributed by atoms with Gasteiger partial charge < -0.3 is 10.6 Å². The Bertz CT molecular complexity index is 529. The van der Waals surface area contributed by atoms with E-state index in [4.69, 9.17) is 0 Å². The van der Waals surface area contributed by atoms with Crippen LogP contribution in [0.1, 0.15) is 31.4 Å². The first kappa shape index (κ1) is 18.2. The standard InChI is InChI=1S/C17H27N3O2/c1-6-13(3)18-16(21)10-20(5)11-17(22)19-15-9-7-8-12(2)14(15)4/h7-9,13H,6,10-11H2,1-5H3,(H,18,21)(H,19,22)/t13-/m0/s1. The van der Waals surface area contributed by atoms with Gasteiger partial charge in [0.05, 0.1) is 13.1 Å². The molecule has 2 amide bonds. The minimum absolute atomic E-state index is 0.0589. The molecule has 5 heteroatoms. The number of likely N-dealkylation sites (N-methyl/N-ethyl adjacent to an activating group) is 1. The zero-order chi connectivity index (χ0) is 16.7. The van der Waals surface area contributed by atoms with Crippen LogP contribution in [0.5, 0.6) is 0 Å². The third-order valence-corrected chi connectivity index (χ3v) is 3.73. The van der Waals surface area contributed by atoms with Crippen molar-refractivity contribution in [3.05, 3.63) is 29.3 Å². The summed E-state index contributed by atoms with van der Waals surface area (Å²) in [6.07, 6.45) is 0.891. The minimum atomic E-state index is -0.118. The van der Waals surface area contributed by atoms with E-state index in [-0.39, 0.29) is 30.9 Å². The van der Waals surface area contributed by atoms with E-state index in [1.165, 1.54) is 0 Å². The van der Waals surface area contributed by atoms with Crippen LogP contribution in [-0.2, 0) is 9.59 Å². The van der Waals surface area contributed by atoms with Crippen LogP contribution in [0.4, 0.5) is 5.69 Å². The van der Waals surface area contributed by atoms with Crippen molar-refractivity contribution >= 4 is 17.5 Å². The highest BCUT2D eigenvalue weighted by Crippen LogP contribution is 2.17. The van der Waals surface area contributed by atoms with E-state index in [0.717, 1.165) is 23.2 Å². The van der Waals surface area contributed by atoms with E-state index in [9.17, 15) is 9.59 Å². The van der Waals surface area contributed by atoms with Gasteiger partial charge in [0, 0.05) is 11.7 Å². The summed E-state index contributed by atoms with van der Waals surface area (Å²) < 4.78 is 0. The summed E-state index contributed by atoms with van der Waals surface area (Å²) in [4.78, 5) is 25.5. The van der Waals surface area contributed by atoms with E-state index in [0.29, 0.717) is 0 Å². The maximum absolute atomic E-state index is 12.1. The number of carbonyl (C=O) groups is 2. The van der Waals surface area contributed by atoms with Crippen molar-refractivity contribution in [1.82, 2.24) is 10.2 Å². The minimum Gasteiger partial charge on any atom is -0.353 e. The summed E-state index contributed by atoms with van der Waals surface area (Å²) in [6.45, 7) is 8.37. The van der Waals surface area contributed by atoms with Gasteiger partial charge >= 0.3 is 0 Å². The second kappa shape index (κ2) is 8.54. The number of hydrogen-bond donors (Lipinski definition) is 2. The Morgan fingerprint density at radius 3 is 2.45 bits per heavy atom. The third kappa shape index (κ3) is 5.85. The molecular weight excluding hydrogens is 278 g/mol. The lowest BCUT2D eigenvalue weighted by atomic mass is 10.1. The number of nitrogens with one attached hydrogen (secondary N) is 2. The molecule has 0 bridgehead atoms. The topological polar surface area (TPSA) is 61.4 Å². The predicted octanol–water partition coefficient (Wildman–Crippen LogP) is 2.09. The first-order valence-corrected chi connectivity index (χ1v) is 7.67. The van der Waals surface area contributed by atoms with E-state index in [2.05, 4.69) is 10.6 Å². The van der Waals surface area contributed by atoms with Crippen molar-refractivity contribution in [1.29, 1.82) is 0 Å². The highest BCUT2D eigenvalue weighted by atomic mass is 16.2. The number of rotatable bonds is 7. The van der Waals surface area contributed by atoms with E-state index in [1.54, 1.807) is 11.9 Å². The number of anilines is 1. The summed E-state index contributed by atoms with van der Waals surface area (Å²) in [6, 6.07) is 5.97. The fraction of sp³-hybridized carbons (Fsp3) is 0.529. The lowest BCUT2D eigenvalue weighted by Gasteiger charge is -2.18. The lowest BCUT2D eigenvalue weighted by molar-refractivity contribution is -0.123. The van der Waals surface area contributed by atoms with Gasteiger partial charge in [0.15, 0.2) is 0 Å². The zero-order valence-electron chi connectivity index (χ0n) is 14.2. The maximum atomic E-state index is 12.1. The molecule has 0 fully saturated rings. The number of benzene rings is 1. The molecule has 0 radical (unpaired) electrons. The SMILES string of the molecule is CC[C@H](C)NC(=O)CN(C)CC(=O)Nc1cccc(C)c1C. The fourth-order valence-electron chi connectivity index (χ4n) is 2.04. The quantitative estimate of drug-likeness (QED) is 0.811. The lowest BCUT2D eigenvalue weighted by Crippen LogP contribution is -2.41. The summed E-state index contributed by atoms with van der Waals surface area (Å²) in [7, 11) is 1.76. The van der Waals surface area contributed by atoms with Crippen LogP contribution in [0, 0.1) is 13.8 Å². The molecule has 5 nitrogen and oxygen atoms in total. The van der Waals surface area contributed by atoms with Gasteiger partial charge in [0.25, 0.3) is 0 Å². The zero-order valence-corrected chi connectivity index (χ0v) is 14.2. The molecule has 1 aromatic rings. The van der Waals surface area contributed by atoms with Gasteiger partial charge in [-0.2, -0.15) is 0 Å². The fourth-order valence-corrected chi connectivity index (χ4v) is 2.04. The Labute approximate surface area is 133 Å². The number of amides is 2. The van der Waals surface area contributed by atoms with Crippen LogP contribution in [-0.4, -0.2) is 42.9 Å². The number of nitrogens with zero attached hydrogens (tertiary/aromatic N) is 1. The van der Waals surface area contributed by atoms with Gasteiger partial charge in [-0.3, -0.25) is 14.5 Å². The highest BCUT2D eigenvalue weighted by molar-refractivity contribution is 5.93. The van der Waals surface area contributed by atoms with Crippen LogP contribution in [0.15, 0.2) is 18.2 Å². The van der Waals surface area contributed by atoms with Gasteiger partial charge in [-0.1, -0.05) is 19.1 Å². The second-order valence-electron chi connectivity index (χ2n) is 5.84. The summed E-state index contributed by atoms with van der Waals surface area (Å²) >= 11 is 0. The van der Waals surface area contributed by atoms with Crippen LogP contribution in [0.25, 0.3) is 0 Å². The van der Waals surface area contributed by atoms with Crippen molar-refractivity contribution in [2.24, 2.45) is 0 Å². The average molecular weight is 305 g/mol. The Morgan fingerprint density at radius 1 is 1.18 bits per heavy atom. The molecule has 0 spiro atoms. The monoisotopic (exact) mass is 305 g/mol. The largest absolute Gasteiger partial charge is 0.353 e. The van der Waals surface area contributed by atoms with Gasteiger partial charge in [0.1, 0.15) is 0 Å². The van der Waals surface area contributed by atoms with Gasteiger partial charge in [-0.25, -0.2) is 0 Å². The molecule has 2 N–H and O–H groups in total. The first-order valence-electron chi connectivity index (χ1n) is 7.67. The van der Waals surface area contributed by atoms with Gasteiger partial charge in [-0.05, 0) is 51.4 Å². The van der Waals surface area contributed by atoms with Crippen molar-refractivity contribution in [3.8, 4) is 0 Å². The molecule has 0 aliphatic heterocycles. The summed E-state index contributed by atoms with van der Waals surface area (Å²) in [5.41, 5.74) is 3.02. The van der Waals surface area contributed by atoms with E-state index < -0.39 is 0 Å². The molecule has 122 valence electrons. The molecule has 1 atom stereocenters. The molecule has 1 aromatic carbocycles. The molecule has 0 aromatic heterocycles. The molecule has 0 aliphatic carbocycles. The van der Waals surface area contributed by atoms with Gasteiger partial charge in [-0.15, -0.1) is 0 Å². The number of carbonyl (C=O) groups excluding carboxylic acids is 2. The van der Waals surface area contributed by atoms with Crippen LogP contribution >= 0.6 is 0 Å². The van der Waals surface area contributed by atoms with Crippen molar-refractivity contribution < 1.29 is 9.59 Å². The van der Waals surface area contributed by atoms with E-state index >= 15 is 0 Å². The van der Waals surface area contributed by atoms with E-state index in [1.807, 2.05) is 45.9 Å². The van der Waals surface area contributed by atoms with Crippen LogP contribution in [0.3, 0.4) is 0 Å². The number of hydrogen-bond acceptors (Lipinski definition) is 3. The molecule has 0 unspecified atom stereocenters. The molecule has 22 heavy (non-hydrogen) atoms. The van der Waals surface area contributed by atoms with Crippen molar-refractivity contribution in [2.75, 3.05) is 25.5 Å². The highest BCUT2D eigenvalue weighted by Gasteiger charge is 2.13. The predicted molar refractivity (Wildman–Crippen MR) is 89.9 cm³/mol. The van der Waals surface area contributed by atoms with Crippen molar-refractivity contribution in [3.63, 3.8) is 0 Å². The van der Waals surface area contributed by atoms with Crippen molar-refractivity contribution in [2.45, 2.75) is 40.2 Å². The summed E-state index contributed by atoms with van der Waals surface area (Å²) in [5.74, 6) is -0.177. The molecule has 0 heterocycles. The molecule has 0 saturated carbocycles. The first-order chi connectivity index (χ1) is 10.3. The molecule has 0 saturated heterocycles. The Hall–Kier alpha value is -1.88. The second-order valence-corrected chi connectivity index (χ2v) is 5.84. The molecular formula is C17H27N3O2. The third-order valence-electron chi connectivity index (χ3n) is 3.73. The normalized spacial score (nSPS) is 12.1. The Morgan fingerprint density at radius 2 is 1.82 bits per heavy atom. The molecule has 1 rings (SSSR count). The Kier molecular flexibility index (Phi) is 7.05. The maximum Gasteiger partial charge on any atom is 0.238 e. The number of aryl methyl sites for hydroxylation is 1. The Balaban J connectivity index is 2.47. The molecule has 0 aliphatic rings.